The van der Waals surface area contributed by atoms with E-state index in [4.69, 9.17) is 9.66 Å². The molecule has 2 N–H and O–H groups in total. The predicted molar refractivity (Wildman–Crippen MR) is 70.7 cm³/mol. The second kappa shape index (κ2) is 6.16. The Kier molecular flexibility index (Phi) is 5.08. The lowest BCUT2D eigenvalue weighted by molar-refractivity contribution is -0.141. The summed E-state index contributed by atoms with van der Waals surface area (Å²) in [7, 11) is -4.18. The Hall–Kier alpha value is -1.40. The van der Waals surface area contributed by atoms with Crippen LogP contribution in [0, 0.1) is 5.92 Å². The lowest BCUT2D eigenvalue weighted by Crippen LogP contribution is -2.13. The molecule has 6 heteroatoms. The van der Waals surface area contributed by atoms with Crippen molar-refractivity contribution in [1.29, 1.82) is 0 Å². The molecular weight excluding hydrogens is 268 g/mol. The maximum atomic E-state index is 10.9. The number of rotatable bonds is 6. The lowest BCUT2D eigenvalue weighted by atomic mass is 9.88. The summed E-state index contributed by atoms with van der Waals surface area (Å²) in [6.45, 7) is 3.60. The Balaban J connectivity index is 2.91. The summed E-state index contributed by atoms with van der Waals surface area (Å²) in [6.07, 6.45) is 1.26. The zero-order chi connectivity index (χ0) is 14.6. The third-order valence-electron chi connectivity index (χ3n) is 3.20. The van der Waals surface area contributed by atoms with Crippen molar-refractivity contribution >= 4 is 16.1 Å². The van der Waals surface area contributed by atoms with Crippen LogP contribution in [0.1, 0.15) is 38.2 Å². The van der Waals surface area contributed by atoms with Crippen molar-refractivity contribution in [2.24, 2.45) is 5.92 Å². The van der Waals surface area contributed by atoms with E-state index < -0.39 is 22.0 Å². The fraction of sp³-hybridized carbons (Fsp3) is 0.462. The molecule has 0 aliphatic heterocycles. The molecule has 0 bridgehead atoms. The molecule has 1 rings (SSSR count). The van der Waals surface area contributed by atoms with Crippen molar-refractivity contribution < 1.29 is 22.9 Å². The standard InChI is InChI=1S/C13H18O5S/c1-3-10(8-9(2)13(14)15)11-4-6-12(7-5-11)19(16,17)18/h4-7,9-10H,3,8H2,1-2H3,(H,14,15)(H,16,17,18). The normalized spacial score (nSPS) is 14.9. The summed E-state index contributed by atoms with van der Waals surface area (Å²) >= 11 is 0. The summed E-state index contributed by atoms with van der Waals surface area (Å²) in [5, 5.41) is 8.91. The summed E-state index contributed by atoms with van der Waals surface area (Å²) in [4.78, 5) is 10.7. The van der Waals surface area contributed by atoms with Gasteiger partial charge in [0.2, 0.25) is 0 Å². The molecular formula is C13H18O5S. The van der Waals surface area contributed by atoms with Crippen molar-refractivity contribution in [2.75, 3.05) is 0 Å². The van der Waals surface area contributed by atoms with Gasteiger partial charge in [0, 0.05) is 0 Å². The highest BCUT2D eigenvalue weighted by atomic mass is 32.2. The first-order chi connectivity index (χ1) is 8.75. The van der Waals surface area contributed by atoms with Gasteiger partial charge in [-0.05, 0) is 36.5 Å². The molecule has 0 heterocycles. The molecule has 1 aromatic rings. The fourth-order valence-electron chi connectivity index (χ4n) is 1.98. The SMILES string of the molecule is CCC(CC(C)C(=O)O)c1ccc(S(=O)(=O)O)cc1. The molecule has 0 fully saturated rings. The van der Waals surface area contributed by atoms with Gasteiger partial charge in [0.1, 0.15) is 0 Å². The van der Waals surface area contributed by atoms with Crippen LogP contribution >= 0.6 is 0 Å². The molecule has 0 aromatic heterocycles. The Morgan fingerprint density at radius 3 is 2.16 bits per heavy atom. The van der Waals surface area contributed by atoms with Gasteiger partial charge < -0.3 is 5.11 Å². The molecule has 0 saturated carbocycles. The van der Waals surface area contributed by atoms with Gasteiger partial charge in [0.25, 0.3) is 10.1 Å². The zero-order valence-corrected chi connectivity index (χ0v) is 11.7. The Bertz CT molecular complexity index is 533. The highest BCUT2D eigenvalue weighted by molar-refractivity contribution is 7.85. The Morgan fingerprint density at radius 1 is 1.26 bits per heavy atom. The number of hydrogen-bond acceptors (Lipinski definition) is 3. The number of benzene rings is 1. The number of carboxylic acid groups (broad SMARTS) is 1. The van der Waals surface area contributed by atoms with Gasteiger partial charge in [-0.25, -0.2) is 0 Å². The molecule has 1 aromatic carbocycles. The van der Waals surface area contributed by atoms with Gasteiger partial charge in [0.05, 0.1) is 10.8 Å². The number of aliphatic carboxylic acids is 1. The summed E-state index contributed by atoms with van der Waals surface area (Å²) in [5.41, 5.74) is 0.878. The van der Waals surface area contributed by atoms with E-state index in [2.05, 4.69) is 0 Å². The van der Waals surface area contributed by atoms with E-state index in [1.165, 1.54) is 12.1 Å². The van der Waals surface area contributed by atoms with Crippen LogP contribution in [0.15, 0.2) is 29.2 Å². The molecule has 0 radical (unpaired) electrons. The Labute approximate surface area is 113 Å². The smallest absolute Gasteiger partial charge is 0.306 e. The van der Waals surface area contributed by atoms with E-state index in [0.717, 1.165) is 12.0 Å². The van der Waals surface area contributed by atoms with Crippen molar-refractivity contribution in [2.45, 2.75) is 37.5 Å². The van der Waals surface area contributed by atoms with Crippen LogP contribution in [-0.2, 0) is 14.9 Å². The third-order valence-corrected chi connectivity index (χ3v) is 4.07. The van der Waals surface area contributed by atoms with Crippen LogP contribution < -0.4 is 0 Å². The summed E-state index contributed by atoms with van der Waals surface area (Å²) in [5.74, 6) is -1.24. The molecule has 0 aliphatic carbocycles. The number of carboxylic acids is 1. The molecule has 0 amide bonds. The first-order valence-electron chi connectivity index (χ1n) is 6.06. The molecule has 2 unspecified atom stereocenters. The van der Waals surface area contributed by atoms with Crippen LogP contribution in [0.2, 0.25) is 0 Å². The molecule has 106 valence electrons. The van der Waals surface area contributed by atoms with E-state index in [0.29, 0.717) is 6.42 Å². The minimum atomic E-state index is -4.18. The second-order valence-electron chi connectivity index (χ2n) is 4.62. The molecule has 2 atom stereocenters. The van der Waals surface area contributed by atoms with E-state index in [1.807, 2.05) is 6.92 Å². The monoisotopic (exact) mass is 286 g/mol. The van der Waals surface area contributed by atoms with Gasteiger partial charge in [-0.15, -0.1) is 0 Å². The molecule has 0 saturated heterocycles. The third kappa shape index (κ3) is 4.33. The average Bonchev–Trinajstić information content (AvgIpc) is 2.34. The van der Waals surface area contributed by atoms with Crippen molar-refractivity contribution in [3.8, 4) is 0 Å². The van der Waals surface area contributed by atoms with Crippen LogP contribution in [0.25, 0.3) is 0 Å². The number of hydrogen-bond donors (Lipinski definition) is 2. The van der Waals surface area contributed by atoms with Crippen molar-refractivity contribution in [3.63, 3.8) is 0 Å². The lowest BCUT2D eigenvalue weighted by Gasteiger charge is -2.18. The average molecular weight is 286 g/mol. The second-order valence-corrected chi connectivity index (χ2v) is 6.05. The van der Waals surface area contributed by atoms with Crippen molar-refractivity contribution in [3.05, 3.63) is 29.8 Å². The number of carbonyl (C=O) groups is 1. The van der Waals surface area contributed by atoms with Gasteiger partial charge >= 0.3 is 5.97 Å². The summed E-state index contributed by atoms with van der Waals surface area (Å²) in [6, 6.07) is 5.90. The van der Waals surface area contributed by atoms with Crippen molar-refractivity contribution in [1.82, 2.24) is 0 Å². The minimum absolute atomic E-state index is 0.0570. The largest absolute Gasteiger partial charge is 0.481 e. The summed E-state index contributed by atoms with van der Waals surface area (Å²) < 4.78 is 30.7. The minimum Gasteiger partial charge on any atom is -0.481 e. The van der Waals surface area contributed by atoms with Crippen LogP contribution in [0.5, 0.6) is 0 Å². The first kappa shape index (κ1) is 15.7. The predicted octanol–water partition coefficient (Wildman–Crippen LogP) is 2.54. The fourth-order valence-corrected chi connectivity index (χ4v) is 2.46. The quantitative estimate of drug-likeness (QED) is 0.784. The molecule has 5 nitrogen and oxygen atoms in total. The maximum Gasteiger partial charge on any atom is 0.306 e. The van der Waals surface area contributed by atoms with Crippen LogP contribution in [0.3, 0.4) is 0 Å². The zero-order valence-electron chi connectivity index (χ0n) is 10.9. The van der Waals surface area contributed by atoms with Crippen LogP contribution in [0.4, 0.5) is 0 Å². The molecule has 19 heavy (non-hydrogen) atoms. The topological polar surface area (TPSA) is 91.7 Å². The van der Waals surface area contributed by atoms with E-state index in [-0.39, 0.29) is 10.8 Å². The molecule has 0 aliphatic rings. The molecule has 0 spiro atoms. The van der Waals surface area contributed by atoms with Gasteiger partial charge in [-0.2, -0.15) is 8.42 Å². The van der Waals surface area contributed by atoms with E-state index in [9.17, 15) is 13.2 Å². The first-order valence-corrected chi connectivity index (χ1v) is 7.50. The Morgan fingerprint density at radius 2 is 1.79 bits per heavy atom. The highest BCUT2D eigenvalue weighted by Crippen LogP contribution is 2.28. The van der Waals surface area contributed by atoms with Crippen LogP contribution in [-0.4, -0.2) is 24.0 Å². The van der Waals surface area contributed by atoms with Gasteiger partial charge in [-0.3, -0.25) is 9.35 Å². The highest BCUT2D eigenvalue weighted by Gasteiger charge is 2.19. The maximum absolute atomic E-state index is 10.9. The van der Waals surface area contributed by atoms with E-state index in [1.54, 1.807) is 19.1 Å². The van der Waals surface area contributed by atoms with Gasteiger partial charge in [0.15, 0.2) is 0 Å². The van der Waals surface area contributed by atoms with Gasteiger partial charge in [-0.1, -0.05) is 26.0 Å². The van der Waals surface area contributed by atoms with E-state index >= 15 is 0 Å².